The Kier molecular flexibility index (Phi) is 9.87. The molecule has 0 radical (unpaired) electrons. The van der Waals surface area contributed by atoms with Gasteiger partial charge < -0.3 is 16.2 Å². The molecular weight excluding hydrogens is 503 g/mol. The van der Waals surface area contributed by atoms with E-state index in [0.29, 0.717) is 52.7 Å². The van der Waals surface area contributed by atoms with Crippen LogP contribution in [0.1, 0.15) is 76.3 Å². The number of aliphatic hydroxyl groups excluding tert-OH is 1. The summed E-state index contributed by atoms with van der Waals surface area (Å²) in [7, 11) is 0. The smallest absolute Gasteiger partial charge is 0.416 e. The number of allylic oxidation sites excluding steroid dienone is 4. The van der Waals surface area contributed by atoms with Crippen LogP contribution in [0.25, 0.3) is 0 Å². The van der Waals surface area contributed by atoms with Crippen molar-refractivity contribution in [1.29, 1.82) is 0 Å². The van der Waals surface area contributed by atoms with Gasteiger partial charge in [-0.05, 0) is 48.6 Å². The van der Waals surface area contributed by atoms with Gasteiger partial charge in [0.25, 0.3) is 0 Å². The first-order chi connectivity index (χ1) is 17.5. The number of hydrogen-bond acceptors (Lipinski definition) is 4. The largest absolute Gasteiger partial charge is 0.511 e. The summed E-state index contributed by atoms with van der Waals surface area (Å²) in [5, 5.41) is 13.6. The fraction of sp³-hybridized carbons (Fsp3) is 0.500. The second-order valence-electron chi connectivity index (χ2n) is 9.71. The van der Waals surface area contributed by atoms with Crippen LogP contribution in [0.5, 0.6) is 0 Å². The zero-order valence-electron chi connectivity index (χ0n) is 21.3. The van der Waals surface area contributed by atoms with Gasteiger partial charge in [-0.3, -0.25) is 4.79 Å². The summed E-state index contributed by atoms with van der Waals surface area (Å²) in [4.78, 5) is 16.5. The van der Waals surface area contributed by atoms with Crippen molar-refractivity contribution in [2.75, 3.05) is 5.32 Å². The fourth-order valence-electron chi connectivity index (χ4n) is 4.86. The maximum Gasteiger partial charge on any atom is 0.416 e. The molecular formula is C28H35ClF3N3O2. The van der Waals surface area contributed by atoms with Crippen molar-refractivity contribution in [1.82, 2.24) is 0 Å². The van der Waals surface area contributed by atoms with Crippen molar-refractivity contribution in [2.24, 2.45) is 22.6 Å². The molecule has 0 fully saturated rings. The molecule has 0 spiro atoms. The first-order valence-electron chi connectivity index (χ1n) is 12.9. The van der Waals surface area contributed by atoms with Crippen LogP contribution in [0.15, 0.2) is 57.4 Å². The molecule has 37 heavy (non-hydrogen) atoms. The standard InChI is InChI=1S/C28H35ClF3N3O2/c1-3-4-5-6-7-8-9-18-10-11-19(16-21(18)28(30,31)32)34-24-15-13-22(29)26(35-24)20-12-14-23(36)25(17(20)2)27(33)37/h10-12,14,16-17,25,36H,3-9,13,15H2,1-2H3,(H2,33,37)(H,34,35). The molecule has 1 aromatic rings. The fourth-order valence-corrected chi connectivity index (χ4v) is 5.11. The third-order valence-electron chi connectivity index (χ3n) is 6.91. The van der Waals surface area contributed by atoms with Gasteiger partial charge in [-0.15, -0.1) is 0 Å². The number of carbonyl (C=O) groups excluding carboxylic acids is 1. The van der Waals surface area contributed by atoms with E-state index >= 15 is 0 Å². The monoisotopic (exact) mass is 537 g/mol. The highest BCUT2D eigenvalue weighted by atomic mass is 35.5. The topological polar surface area (TPSA) is 87.7 Å². The highest BCUT2D eigenvalue weighted by Gasteiger charge is 2.35. The lowest BCUT2D eigenvalue weighted by Gasteiger charge is -2.28. The Morgan fingerprint density at radius 2 is 1.86 bits per heavy atom. The van der Waals surface area contributed by atoms with Crippen molar-refractivity contribution in [3.8, 4) is 0 Å². The number of amides is 1. The Labute approximate surface area is 221 Å². The first-order valence-corrected chi connectivity index (χ1v) is 13.2. The van der Waals surface area contributed by atoms with Crippen molar-refractivity contribution in [2.45, 2.75) is 77.8 Å². The Hall–Kier alpha value is -2.74. The summed E-state index contributed by atoms with van der Waals surface area (Å²) < 4.78 is 41.6. The molecule has 9 heteroatoms. The molecule has 1 heterocycles. The second-order valence-corrected chi connectivity index (χ2v) is 10.2. The molecule has 5 nitrogen and oxygen atoms in total. The van der Waals surface area contributed by atoms with Crippen molar-refractivity contribution in [3.63, 3.8) is 0 Å². The number of aryl methyl sites for hydroxylation is 1. The number of primary amides is 1. The zero-order valence-corrected chi connectivity index (χ0v) is 22.1. The number of alkyl halides is 3. The van der Waals surface area contributed by atoms with Crippen LogP contribution in [-0.4, -0.2) is 16.8 Å². The normalized spacial score (nSPS) is 20.3. The number of hydrogen-bond donors (Lipinski definition) is 3. The van der Waals surface area contributed by atoms with Crippen LogP contribution in [0.4, 0.5) is 18.9 Å². The Balaban J connectivity index is 1.79. The lowest BCUT2D eigenvalue weighted by Crippen LogP contribution is -2.33. The number of nitrogens with zero attached hydrogens (tertiary/aromatic N) is 1. The molecule has 0 aromatic heterocycles. The van der Waals surface area contributed by atoms with E-state index < -0.39 is 29.5 Å². The molecule has 2 unspecified atom stereocenters. The van der Waals surface area contributed by atoms with Crippen molar-refractivity contribution < 1.29 is 23.1 Å². The molecule has 2 aliphatic rings. The lowest BCUT2D eigenvalue weighted by molar-refractivity contribution is -0.138. The van der Waals surface area contributed by atoms with E-state index in [2.05, 4.69) is 17.2 Å². The lowest BCUT2D eigenvalue weighted by atomic mass is 9.80. The molecule has 1 amide bonds. The number of aliphatic hydroxyl groups is 1. The van der Waals surface area contributed by atoms with Gasteiger partial charge in [-0.2, -0.15) is 13.2 Å². The van der Waals surface area contributed by atoms with E-state index in [9.17, 15) is 23.1 Å². The summed E-state index contributed by atoms with van der Waals surface area (Å²) in [6, 6.07) is 4.33. The SMILES string of the molecule is CCCCCCCCc1ccc(NC2=NC(C3=CC=C(O)C(C(N)=O)C3C)=C(Cl)CC2)cc1C(F)(F)F. The predicted molar refractivity (Wildman–Crippen MR) is 142 cm³/mol. The highest BCUT2D eigenvalue weighted by Crippen LogP contribution is 2.39. The Bertz CT molecular complexity index is 1120. The quantitative estimate of drug-likeness (QED) is 0.266. The number of benzene rings is 1. The summed E-state index contributed by atoms with van der Waals surface area (Å²) in [5.74, 6) is -1.69. The average molecular weight is 538 g/mol. The first kappa shape index (κ1) is 28.8. The molecule has 0 saturated carbocycles. The van der Waals surface area contributed by atoms with Crippen LogP contribution < -0.4 is 11.1 Å². The molecule has 4 N–H and O–H groups in total. The van der Waals surface area contributed by atoms with E-state index in [4.69, 9.17) is 17.3 Å². The van der Waals surface area contributed by atoms with Gasteiger partial charge >= 0.3 is 6.18 Å². The summed E-state index contributed by atoms with van der Waals surface area (Å²) >= 11 is 6.46. The molecule has 1 aromatic carbocycles. The second kappa shape index (κ2) is 12.7. The molecule has 202 valence electrons. The van der Waals surface area contributed by atoms with Crippen LogP contribution >= 0.6 is 11.6 Å². The molecule has 1 aliphatic heterocycles. The van der Waals surface area contributed by atoms with E-state index in [1.54, 1.807) is 25.1 Å². The van der Waals surface area contributed by atoms with E-state index in [1.165, 1.54) is 6.08 Å². The number of amidine groups is 1. The predicted octanol–water partition coefficient (Wildman–Crippen LogP) is 7.78. The van der Waals surface area contributed by atoms with Crippen LogP contribution in [-0.2, 0) is 17.4 Å². The number of unbranched alkanes of at least 4 members (excludes halogenated alkanes) is 5. The molecule has 0 bridgehead atoms. The molecule has 0 saturated heterocycles. The number of anilines is 1. The number of nitrogens with two attached hydrogens (primary N) is 1. The van der Waals surface area contributed by atoms with Gasteiger partial charge in [0, 0.05) is 23.1 Å². The van der Waals surface area contributed by atoms with Crippen LogP contribution in [0.2, 0.25) is 0 Å². The Morgan fingerprint density at radius 3 is 2.54 bits per heavy atom. The average Bonchev–Trinajstić information content (AvgIpc) is 2.83. The maximum absolute atomic E-state index is 13.9. The molecule has 2 atom stereocenters. The van der Waals surface area contributed by atoms with Gasteiger partial charge in [0.05, 0.1) is 11.3 Å². The van der Waals surface area contributed by atoms with Gasteiger partial charge in [-0.25, -0.2) is 4.99 Å². The van der Waals surface area contributed by atoms with Gasteiger partial charge in [0.2, 0.25) is 5.91 Å². The molecule has 1 aliphatic carbocycles. The van der Waals surface area contributed by atoms with Crippen molar-refractivity contribution in [3.05, 3.63) is 63.5 Å². The minimum atomic E-state index is -4.46. The minimum absolute atomic E-state index is 0.126. The van der Waals surface area contributed by atoms with Crippen LogP contribution in [0, 0.1) is 11.8 Å². The van der Waals surface area contributed by atoms with Crippen molar-refractivity contribution >= 4 is 29.0 Å². The number of carbonyl (C=O) groups is 1. The highest BCUT2D eigenvalue weighted by molar-refractivity contribution is 6.30. The Morgan fingerprint density at radius 1 is 1.16 bits per heavy atom. The van der Waals surface area contributed by atoms with E-state index in [0.717, 1.165) is 44.6 Å². The van der Waals surface area contributed by atoms with Gasteiger partial charge in [0.1, 0.15) is 17.5 Å². The zero-order chi connectivity index (χ0) is 27.2. The van der Waals surface area contributed by atoms with Crippen LogP contribution in [0.3, 0.4) is 0 Å². The number of aliphatic imine (C=N–C) groups is 1. The molecule has 3 rings (SSSR count). The maximum atomic E-state index is 13.9. The summed E-state index contributed by atoms with van der Waals surface area (Å²) in [6.07, 6.45) is 5.91. The van der Waals surface area contributed by atoms with Gasteiger partial charge in [-0.1, -0.05) is 69.7 Å². The third kappa shape index (κ3) is 7.40. The number of halogens is 4. The summed E-state index contributed by atoms with van der Waals surface area (Å²) in [6.45, 7) is 3.88. The number of rotatable bonds is 10. The minimum Gasteiger partial charge on any atom is -0.511 e. The number of nitrogens with one attached hydrogen (secondary N) is 1. The van der Waals surface area contributed by atoms with E-state index in [1.807, 2.05) is 0 Å². The van der Waals surface area contributed by atoms with E-state index in [-0.39, 0.29) is 5.76 Å². The van der Waals surface area contributed by atoms with Gasteiger partial charge in [0.15, 0.2) is 0 Å². The third-order valence-corrected chi connectivity index (χ3v) is 7.28. The summed E-state index contributed by atoms with van der Waals surface area (Å²) in [5.41, 5.74) is 6.50.